The van der Waals surface area contributed by atoms with Crippen LogP contribution in [0.15, 0.2) is 21.5 Å². The lowest BCUT2D eigenvalue weighted by molar-refractivity contribution is 0.0696. The fraction of sp³-hybridized carbons (Fsp3) is 0.429. The first-order valence-electron chi connectivity index (χ1n) is 6.56. The van der Waals surface area contributed by atoms with Crippen molar-refractivity contribution in [2.75, 3.05) is 0 Å². The maximum Gasteiger partial charge on any atom is 0.335 e. The molecule has 2 rings (SSSR count). The van der Waals surface area contributed by atoms with Crippen LogP contribution in [-0.4, -0.2) is 25.4 Å². The predicted octanol–water partition coefficient (Wildman–Crippen LogP) is 3.64. The van der Waals surface area contributed by atoms with Crippen LogP contribution in [0.3, 0.4) is 0 Å². The number of hydrogen-bond donors (Lipinski definition) is 1. The van der Waals surface area contributed by atoms with Crippen LogP contribution in [0.25, 0.3) is 0 Å². The van der Waals surface area contributed by atoms with Gasteiger partial charge in [-0.3, -0.25) is 0 Å². The Balaban J connectivity index is 2.38. The topological polar surface area (TPSA) is 76.0 Å². The molecule has 0 spiro atoms. The van der Waals surface area contributed by atoms with Gasteiger partial charge in [-0.15, -0.1) is 0 Å². The Hall–Kier alpha value is -1.47. The zero-order valence-corrected chi connectivity index (χ0v) is 14.0. The Morgan fingerprint density at radius 1 is 1.33 bits per heavy atom. The van der Waals surface area contributed by atoms with Crippen LogP contribution in [0.5, 0.6) is 0 Å². The largest absolute Gasteiger partial charge is 0.478 e. The highest BCUT2D eigenvalue weighted by Crippen LogP contribution is 2.31. The van der Waals surface area contributed by atoms with Crippen LogP contribution >= 0.6 is 23.3 Å². The molecule has 0 unspecified atom stereocenters. The van der Waals surface area contributed by atoms with Gasteiger partial charge in [0, 0.05) is 17.5 Å². The number of pyridine rings is 1. The quantitative estimate of drug-likeness (QED) is 0.925. The molecule has 0 radical (unpaired) electrons. The monoisotopic (exact) mass is 323 g/mol. The van der Waals surface area contributed by atoms with Gasteiger partial charge in [-0.05, 0) is 35.4 Å². The van der Waals surface area contributed by atoms with Crippen molar-refractivity contribution in [3.8, 4) is 0 Å². The van der Waals surface area contributed by atoms with Gasteiger partial charge >= 0.3 is 5.97 Å². The van der Waals surface area contributed by atoms with Gasteiger partial charge in [0.2, 0.25) is 0 Å². The van der Waals surface area contributed by atoms with Crippen LogP contribution in [0, 0.1) is 0 Å². The average molecular weight is 323 g/mol. The number of carboxylic acid groups (broad SMARTS) is 1. The van der Waals surface area contributed by atoms with Crippen LogP contribution in [0.2, 0.25) is 0 Å². The summed E-state index contributed by atoms with van der Waals surface area (Å²) in [5.74, 6) is -0.149. The van der Waals surface area contributed by atoms with E-state index in [-0.39, 0.29) is 11.0 Å². The molecule has 21 heavy (non-hydrogen) atoms. The van der Waals surface area contributed by atoms with Crippen molar-refractivity contribution < 1.29 is 9.90 Å². The molecule has 0 atom stereocenters. The number of rotatable bonds is 4. The summed E-state index contributed by atoms with van der Waals surface area (Å²) in [6.07, 6.45) is 0.785. The fourth-order valence-electron chi connectivity index (χ4n) is 1.58. The Kier molecular flexibility index (Phi) is 4.63. The lowest BCUT2D eigenvalue weighted by Gasteiger charge is -2.18. The summed E-state index contributed by atoms with van der Waals surface area (Å²) < 4.78 is 5.00. The zero-order valence-electron chi connectivity index (χ0n) is 12.4. The highest BCUT2D eigenvalue weighted by molar-refractivity contribution is 8.00. The van der Waals surface area contributed by atoms with Crippen molar-refractivity contribution in [3.63, 3.8) is 0 Å². The fourth-order valence-corrected chi connectivity index (χ4v) is 3.25. The van der Waals surface area contributed by atoms with Gasteiger partial charge < -0.3 is 5.11 Å². The molecule has 0 amide bonds. The number of aromatic nitrogens is 3. The van der Waals surface area contributed by atoms with Crippen molar-refractivity contribution >= 4 is 29.3 Å². The molecule has 5 nitrogen and oxygen atoms in total. The molecular weight excluding hydrogens is 306 g/mol. The van der Waals surface area contributed by atoms with Crippen molar-refractivity contribution in [3.05, 3.63) is 29.2 Å². The van der Waals surface area contributed by atoms with Crippen LogP contribution in [0.4, 0.5) is 0 Å². The molecule has 0 aromatic carbocycles. The van der Waals surface area contributed by atoms with Gasteiger partial charge in [-0.1, -0.05) is 27.7 Å². The lowest BCUT2D eigenvalue weighted by atomic mass is 9.91. The smallest absolute Gasteiger partial charge is 0.335 e. The van der Waals surface area contributed by atoms with Gasteiger partial charge in [-0.25, -0.2) is 14.8 Å². The molecule has 7 heteroatoms. The molecule has 0 aliphatic heterocycles. The molecule has 0 saturated carbocycles. The Morgan fingerprint density at radius 2 is 2.05 bits per heavy atom. The standard InChI is InChI=1S/C14H17N3O2S2/c1-5-10-16-13(21-17-10)20-11-7-8(12(18)19)6-9(15-11)14(2,3)4/h6-7H,5H2,1-4H3,(H,18,19). The highest BCUT2D eigenvalue weighted by atomic mass is 32.2. The summed E-state index contributed by atoms with van der Waals surface area (Å²) in [5, 5.41) is 9.88. The second kappa shape index (κ2) is 6.11. The minimum atomic E-state index is -0.948. The van der Waals surface area contributed by atoms with Gasteiger partial charge in [0.25, 0.3) is 0 Å². The van der Waals surface area contributed by atoms with Gasteiger partial charge in [0.15, 0.2) is 4.34 Å². The second-order valence-electron chi connectivity index (χ2n) is 5.57. The number of aryl methyl sites for hydroxylation is 1. The van der Waals surface area contributed by atoms with Gasteiger partial charge in [0.05, 0.1) is 5.56 Å². The number of nitrogens with zero attached hydrogens (tertiary/aromatic N) is 3. The third kappa shape index (κ3) is 4.01. The summed E-state index contributed by atoms with van der Waals surface area (Å²) >= 11 is 2.67. The summed E-state index contributed by atoms with van der Waals surface area (Å²) in [5.41, 5.74) is 0.791. The summed E-state index contributed by atoms with van der Waals surface area (Å²) in [7, 11) is 0. The van der Waals surface area contributed by atoms with E-state index in [1.807, 2.05) is 27.7 Å². The van der Waals surface area contributed by atoms with Crippen molar-refractivity contribution in [2.24, 2.45) is 0 Å². The Bertz CT molecular complexity index is 662. The van der Waals surface area contributed by atoms with Crippen molar-refractivity contribution in [1.82, 2.24) is 14.3 Å². The number of aromatic carboxylic acids is 1. The molecule has 0 aliphatic carbocycles. The molecule has 0 fully saturated rings. The average Bonchev–Trinajstić information content (AvgIpc) is 2.85. The predicted molar refractivity (Wildman–Crippen MR) is 83.3 cm³/mol. The highest BCUT2D eigenvalue weighted by Gasteiger charge is 2.20. The lowest BCUT2D eigenvalue weighted by Crippen LogP contribution is -2.15. The molecular formula is C14H17N3O2S2. The van der Waals surface area contributed by atoms with E-state index in [0.29, 0.717) is 5.03 Å². The second-order valence-corrected chi connectivity index (χ2v) is 7.59. The van der Waals surface area contributed by atoms with E-state index in [4.69, 9.17) is 0 Å². The maximum absolute atomic E-state index is 11.3. The normalized spacial score (nSPS) is 11.6. The minimum Gasteiger partial charge on any atom is -0.478 e. The van der Waals surface area contributed by atoms with E-state index in [1.165, 1.54) is 23.3 Å². The van der Waals surface area contributed by atoms with E-state index >= 15 is 0 Å². The van der Waals surface area contributed by atoms with E-state index in [0.717, 1.165) is 22.3 Å². The number of carboxylic acids is 1. The Morgan fingerprint density at radius 3 is 2.57 bits per heavy atom. The van der Waals surface area contributed by atoms with E-state index in [1.54, 1.807) is 12.1 Å². The first-order chi connectivity index (χ1) is 9.79. The first kappa shape index (κ1) is 15.9. The molecule has 112 valence electrons. The Labute approximate surface area is 132 Å². The van der Waals surface area contributed by atoms with Crippen molar-refractivity contribution in [2.45, 2.75) is 48.9 Å². The molecule has 2 aromatic heterocycles. The molecule has 0 saturated heterocycles. The van der Waals surface area contributed by atoms with Gasteiger partial charge in [-0.2, -0.15) is 4.37 Å². The third-order valence-corrected chi connectivity index (χ3v) is 4.48. The molecule has 0 bridgehead atoms. The summed E-state index contributed by atoms with van der Waals surface area (Å²) in [4.78, 5) is 20.2. The minimum absolute atomic E-state index is 0.212. The van der Waals surface area contributed by atoms with E-state index in [2.05, 4.69) is 14.3 Å². The third-order valence-electron chi connectivity index (χ3n) is 2.77. The molecule has 2 aromatic rings. The van der Waals surface area contributed by atoms with E-state index < -0.39 is 5.97 Å². The number of carbonyl (C=O) groups is 1. The molecule has 2 heterocycles. The summed E-state index contributed by atoms with van der Waals surface area (Å²) in [6.45, 7) is 8.03. The molecule has 0 aliphatic rings. The summed E-state index contributed by atoms with van der Waals surface area (Å²) in [6, 6.07) is 3.21. The molecule has 1 N–H and O–H groups in total. The van der Waals surface area contributed by atoms with Crippen LogP contribution < -0.4 is 0 Å². The van der Waals surface area contributed by atoms with Crippen LogP contribution in [-0.2, 0) is 11.8 Å². The maximum atomic E-state index is 11.3. The van der Waals surface area contributed by atoms with E-state index in [9.17, 15) is 9.90 Å². The number of hydrogen-bond acceptors (Lipinski definition) is 6. The van der Waals surface area contributed by atoms with Gasteiger partial charge in [0.1, 0.15) is 10.9 Å². The first-order valence-corrected chi connectivity index (χ1v) is 8.15. The van der Waals surface area contributed by atoms with Crippen molar-refractivity contribution in [1.29, 1.82) is 0 Å². The SMILES string of the molecule is CCc1nsc(Sc2cc(C(=O)O)cc(C(C)(C)C)n2)n1. The van der Waals surface area contributed by atoms with Crippen LogP contribution in [0.1, 0.15) is 49.6 Å². The zero-order chi connectivity index (χ0) is 15.6.